The topological polar surface area (TPSA) is 14.8 Å². The van der Waals surface area contributed by atoms with Gasteiger partial charge in [-0.25, -0.2) is 0 Å². The molecule has 0 amide bonds. The average molecular weight is 646 g/mol. The van der Waals surface area contributed by atoms with Crippen molar-refractivity contribution >= 4 is 97.7 Å². The second-order valence-corrected chi connectivity index (χ2v) is 14.2. The van der Waals surface area contributed by atoms with Crippen LogP contribution < -0.4 is 0 Å². The summed E-state index contributed by atoms with van der Waals surface area (Å²) in [5.74, 6) is 0. The van der Waals surface area contributed by atoms with Gasteiger partial charge in [0.05, 0.1) is 50.2 Å². The van der Waals surface area contributed by atoms with Crippen LogP contribution in [0.1, 0.15) is 0 Å². The van der Waals surface area contributed by atoms with E-state index < -0.39 is 0 Å². The maximum atomic E-state index is 2.49. The van der Waals surface area contributed by atoms with Crippen LogP contribution in [0.25, 0.3) is 115 Å². The van der Waals surface area contributed by atoms with Gasteiger partial charge in [-0.1, -0.05) is 109 Å². The molecule has 3 aromatic heterocycles. The molecule has 0 saturated carbocycles. The van der Waals surface area contributed by atoms with Crippen molar-refractivity contribution in [1.29, 1.82) is 0 Å². The molecule has 13 aromatic rings. The third kappa shape index (κ3) is 3.16. The van der Waals surface area contributed by atoms with E-state index in [-0.39, 0.29) is 0 Å². The zero-order valence-corrected chi connectivity index (χ0v) is 27.4. The van der Waals surface area contributed by atoms with E-state index in [9.17, 15) is 0 Å². The van der Waals surface area contributed by atoms with Crippen molar-refractivity contribution in [3.63, 3.8) is 0 Å². The zero-order valence-electron chi connectivity index (χ0n) is 27.4. The van der Waals surface area contributed by atoms with Gasteiger partial charge < -0.3 is 13.7 Å². The quantitative estimate of drug-likeness (QED) is 0.170. The van der Waals surface area contributed by atoms with E-state index in [1.54, 1.807) is 0 Å². The molecule has 0 radical (unpaired) electrons. The SMILES string of the molecule is c1cc2ccc3cccc4c3c2c(c1)n4-c1cc(-n2c3cccc4ccc5cccc2c5c43)cc(-n2c3cccc4ccc5cccc2c5c43)c1. The summed E-state index contributed by atoms with van der Waals surface area (Å²) in [6.07, 6.45) is 0. The van der Waals surface area contributed by atoms with E-state index in [4.69, 9.17) is 0 Å². The van der Waals surface area contributed by atoms with E-state index in [1.807, 2.05) is 0 Å². The Labute approximate surface area is 291 Å². The summed E-state index contributed by atoms with van der Waals surface area (Å²) in [7, 11) is 0. The molecule has 3 heteroatoms. The van der Waals surface area contributed by atoms with Gasteiger partial charge in [0.1, 0.15) is 0 Å². The predicted octanol–water partition coefficient (Wildman–Crippen LogP) is 12.8. The lowest BCUT2D eigenvalue weighted by atomic mass is 10.0. The first kappa shape index (κ1) is 26.1. The monoisotopic (exact) mass is 645 g/mol. The molecule has 234 valence electrons. The number of hydrogen-bond acceptors (Lipinski definition) is 0. The third-order valence-corrected chi connectivity index (χ3v) is 11.6. The van der Waals surface area contributed by atoms with E-state index in [2.05, 4.69) is 177 Å². The largest absolute Gasteiger partial charge is 0.309 e. The van der Waals surface area contributed by atoms with Crippen molar-refractivity contribution in [1.82, 2.24) is 13.7 Å². The van der Waals surface area contributed by atoms with Crippen LogP contribution >= 0.6 is 0 Å². The summed E-state index contributed by atoms with van der Waals surface area (Å²) in [5.41, 5.74) is 10.8. The summed E-state index contributed by atoms with van der Waals surface area (Å²) in [4.78, 5) is 0. The molecule has 0 spiro atoms. The molecule has 3 heterocycles. The Morgan fingerprint density at radius 3 is 0.608 bits per heavy atom. The molecule has 3 nitrogen and oxygen atoms in total. The predicted molar refractivity (Wildman–Crippen MR) is 216 cm³/mol. The molecule has 0 aliphatic carbocycles. The van der Waals surface area contributed by atoms with Crippen molar-refractivity contribution in [3.8, 4) is 17.1 Å². The minimum Gasteiger partial charge on any atom is -0.309 e. The lowest BCUT2D eigenvalue weighted by molar-refractivity contribution is 1.10. The van der Waals surface area contributed by atoms with Gasteiger partial charge in [-0.05, 0) is 86.9 Å². The first-order valence-corrected chi connectivity index (χ1v) is 17.7. The van der Waals surface area contributed by atoms with Crippen molar-refractivity contribution in [2.24, 2.45) is 0 Å². The summed E-state index contributed by atoms with van der Waals surface area (Å²) in [6, 6.07) is 61.2. The van der Waals surface area contributed by atoms with E-state index in [0.717, 1.165) is 17.1 Å². The van der Waals surface area contributed by atoms with Crippen LogP contribution in [0.5, 0.6) is 0 Å². The third-order valence-electron chi connectivity index (χ3n) is 11.6. The van der Waals surface area contributed by atoms with Gasteiger partial charge in [-0.2, -0.15) is 0 Å². The van der Waals surface area contributed by atoms with Crippen LogP contribution in [-0.2, 0) is 0 Å². The van der Waals surface area contributed by atoms with Crippen molar-refractivity contribution in [3.05, 3.63) is 164 Å². The standard InChI is InChI=1S/C48H27N3/c1-7-28-19-20-29-8-2-14-38-44(29)43(28)37(13-1)49(38)34-25-35(50-39-15-3-9-30-21-22-31-10-4-16-40(50)46(31)45(30)39)27-36(26-34)51-41-17-5-11-32-23-24-33-12-6-18-42(51)48(33)47(32)41/h1-27H. The highest BCUT2D eigenvalue weighted by Gasteiger charge is 2.22. The summed E-state index contributed by atoms with van der Waals surface area (Å²) >= 11 is 0. The lowest BCUT2D eigenvalue weighted by Crippen LogP contribution is -2.03. The average Bonchev–Trinajstić information content (AvgIpc) is 3.83. The Kier molecular flexibility index (Phi) is 4.62. The van der Waals surface area contributed by atoms with Crippen molar-refractivity contribution in [2.75, 3.05) is 0 Å². The van der Waals surface area contributed by atoms with Gasteiger partial charge in [-0.15, -0.1) is 0 Å². The van der Waals surface area contributed by atoms with E-state index in [1.165, 1.54) is 97.7 Å². The van der Waals surface area contributed by atoms with Crippen LogP contribution in [0.2, 0.25) is 0 Å². The molecular weight excluding hydrogens is 619 g/mol. The number of nitrogens with zero attached hydrogens (tertiary/aromatic N) is 3. The number of benzene rings is 10. The molecule has 0 aliphatic rings. The molecule has 13 rings (SSSR count). The van der Waals surface area contributed by atoms with E-state index in [0.29, 0.717) is 0 Å². The fourth-order valence-corrected chi connectivity index (χ4v) is 9.66. The first-order chi connectivity index (χ1) is 25.3. The van der Waals surface area contributed by atoms with Gasteiger partial charge in [0, 0.05) is 32.3 Å². The molecule has 0 unspecified atom stereocenters. The second-order valence-electron chi connectivity index (χ2n) is 14.2. The summed E-state index contributed by atoms with van der Waals surface area (Å²) < 4.78 is 7.48. The molecule has 0 aliphatic heterocycles. The molecule has 51 heavy (non-hydrogen) atoms. The minimum absolute atomic E-state index is 1.14. The fraction of sp³-hybridized carbons (Fsp3) is 0. The Balaban J connectivity index is 1.23. The summed E-state index contributed by atoms with van der Waals surface area (Å²) in [6.45, 7) is 0. The van der Waals surface area contributed by atoms with Crippen LogP contribution in [0.3, 0.4) is 0 Å². The second kappa shape index (κ2) is 9.03. The molecular formula is C48H27N3. The van der Waals surface area contributed by atoms with Gasteiger partial charge >= 0.3 is 0 Å². The molecule has 0 atom stereocenters. The number of rotatable bonds is 3. The Hall–Kier alpha value is -6.84. The van der Waals surface area contributed by atoms with Gasteiger partial charge in [0.25, 0.3) is 0 Å². The molecule has 0 fully saturated rings. The Bertz CT molecular complexity index is 2950. The van der Waals surface area contributed by atoms with Gasteiger partial charge in [0.15, 0.2) is 0 Å². The Morgan fingerprint density at radius 2 is 0.412 bits per heavy atom. The molecule has 10 aromatic carbocycles. The first-order valence-electron chi connectivity index (χ1n) is 17.7. The maximum Gasteiger partial charge on any atom is 0.0547 e. The highest BCUT2D eigenvalue weighted by molar-refractivity contribution is 6.26. The normalized spacial score (nSPS) is 12.7. The molecule has 0 saturated heterocycles. The van der Waals surface area contributed by atoms with Crippen molar-refractivity contribution in [2.45, 2.75) is 0 Å². The fourth-order valence-electron chi connectivity index (χ4n) is 9.66. The highest BCUT2D eigenvalue weighted by atomic mass is 15.0. The highest BCUT2D eigenvalue weighted by Crippen LogP contribution is 2.44. The number of aromatic nitrogens is 3. The van der Waals surface area contributed by atoms with Crippen LogP contribution in [0.4, 0.5) is 0 Å². The maximum absolute atomic E-state index is 2.49. The summed E-state index contributed by atoms with van der Waals surface area (Å²) in [5, 5.41) is 15.6. The van der Waals surface area contributed by atoms with Gasteiger partial charge in [-0.3, -0.25) is 0 Å². The lowest BCUT2D eigenvalue weighted by Gasteiger charge is -2.17. The zero-order chi connectivity index (χ0) is 32.9. The Morgan fingerprint density at radius 1 is 0.216 bits per heavy atom. The smallest absolute Gasteiger partial charge is 0.0547 e. The van der Waals surface area contributed by atoms with Crippen LogP contribution in [0, 0.1) is 0 Å². The minimum atomic E-state index is 1.14. The van der Waals surface area contributed by atoms with Crippen LogP contribution in [-0.4, -0.2) is 13.7 Å². The van der Waals surface area contributed by atoms with Crippen molar-refractivity contribution < 1.29 is 0 Å². The molecule has 0 bridgehead atoms. The van der Waals surface area contributed by atoms with Gasteiger partial charge in [0.2, 0.25) is 0 Å². The molecule has 0 N–H and O–H groups in total. The van der Waals surface area contributed by atoms with Crippen LogP contribution in [0.15, 0.2) is 164 Å². The number of hydrogen-bond donors (Lipinski definition) is 0. The van der Waals surface area contributed by atoms with E-state index >= 15 is 0 Å².